The summed E-state index contributed by atoms with van der Waals surface area (Å²) in [5, 5.41) is 3.13. The van der Waals surface area contributed by atoms with Crippen molar-refractivity contribution >= 4 is 5.91 Å². The molecule has 1 aliphatic carbocycles. The maximum Gasteiger partial charge on any atom is 0.251 e. The highest BCUT2D eigenvalue weighted by atomic mass is 16.6. The molecule has 1 aromatic carbocycles. The van der Waals surface area contributed by atoms with E-state index in [1.165, 1.54) is 12.8 Å². The summed E-state index contributed by atoms with van der Waals surface area (Å²) < 4.78 is 11.0. The van der Waals surface area contributed by atoms with Crippen LogP contribution >= 0.6 is 0 Å². The van der Waals surface area contributed by atoms with Crippen molar-refractivity contribution in [3.8, 4) is 11.5 Å². The number of hydrogen-bond donors (Lipinski definition) is 1. The van der Waals surface area contributed by atoms with Gasteiger partial charge in [0.15, 0.2) is 11.5 Å². The van der Waals surface area contributed by atoms with Crippen LogP contribution in [0.5, 0.6) is 11.5 Å². The van der Waals surface area contributed by atoms with Gasteiger partial charge in [-0.3, -0.25) is 4.79 Å². The topological polar surface area (TPSA) is 47.6 Å². The highest BCUT2D eigenvalue weighted by Gasteiger charge is 2.21. The number of ether oxygens (including phenoxy) is 2. The normalized spacial score (nSPS) is 25.1. The number of carbonyl (C=O) groups excluding carboxylic acids is 1. The Kier molecular flexibility index (Phi) is 3.81. The van der Waals surface area contributed by atoms with Gasteiger partial charge in [0.1, 0.15) is 13.2 Å². The third-order valence-electron chi connectivity index (χ3n) is 4.16. The molecule has 1 saturated carbocycles. The molecule has 108 valence electrons. The predicted molar refractivity (Wildman–Crippen MR) is 76.3 cm³/mol. The molecule has 1 fully saturated rings. The van der Waals surface area contributed by atoms with Gasteiger partial charge in [-0.05, 0) is 49.8 Å². The highest BCUT2D eigenvalue weighted by Crippen LogP contribution is 2.31. The number of nitrogens with one attached hydrogen (secondary N) is 1. The van der Waals surface area contributed by atoms with Gasteiger partial charge in [0.05, 0.1) is 0 Å². The van der Waals surface area contributed by atoms with Crippen molar-refractivity contribution in [1.29, 1.82) is 0 Å². The Bertz CT molecular complexity index is 492. The third kappa shape index (κ3) is 2.89. The molecule has 0 aromatic heterocycles. The third-order valence-corrected chi connectivity index (χ3v) is 4.16. The van der Waals surface area contributed by atoms with Gasteiger partial charge in [0.25, 0.3) is 5.91 Å². The van der Waals surface area contributed by atoms with E-state index in [9.17, 15) is 4.79 Å². The summed E-state index contributed by atoms with van der Waals surface area (Å²) >= 11 is 0. The van der Waals surface area contributed by atoms with Gasteiger partial charge in [-0.1, -0.05) is 6.92 Å². The lowest BCUT2D eigenvalue weighted by molar-refractivity contribution is 0.0921. The Balaban J connectivity index is 1.65. The van der Waals surface area contributed by atoms with Crippen LogP contribution in [-0.4, -0.2) is 25.2 Å². The van der Waals surface area contributed by atoms with Gasteiger partial charge in [-0.2, -0.15) is 0 Å². The largest absolute Gasteiger partial charge is 0.486 e. The van der Waals surface area contributed by atoms with Crippen molar-refractivity contribution in [2.75, 3.05) is 13.2 Å². The summed E-state index contributed by atoms with van der Waals surface area (Å²) in [6.45, 7) is 3.39. The van der Waals surface area contributed by atoms with Crippen LogP contribution in [-0.2, 0) is 0 Å². The number of amides is 1. The van der Waals surface area contributed by atoms with E-state index in [0.717, 1.165) is 24.5 Å². The van der Waals surface area contributed by atoms with Crippen molar-refractivity contribution in [1.82, 2.24) is 5.32 Å². The highest BCUT2D eigenvalue weighted by molar-refractivity contribution is 5.95. The molecular formula is C16H21NO3. The van der Waals surface area contributed by atoms with Crippen molar-refractivity contribution in [3.63, 3.8) is 0 Å². The lowest BCUT2D eigenvalue weighted by Gasteiger charge is -2.27. The molecule has 1 N–H and O–H groups in total. The van der Waals surface area contributed by atoms with E-state index in [1.54, 1.807) is 12.1 Å². The fourth-order valence-corrected chi connectivity index (χ4v) is 2.86. The lowest BCUT2D eigenvalue weighted by atomic mass is 9.87. The predicted octanol–water partition coefficient (Wildman–Crippen LogP) is 2.77. The summed E-state index contributed by atoms with van der Waals surface area (Å²) in [6, 6.07) is 5.70. The summed E-state index contributed by atoms with van der Waals surface area (Å²) in [5.41, 5.74) is 0.646. The van der Waals surface area contributed by atoms with Crippen LogP contribution in [0, 0.1) is 5.92 Å². The number of fused-ring (bicyclic) bond motifs is 1. The quantitative estimate of drug-likeness (QED) is 0.902. The molecule has 2 aliphatic rings. The Labute approximate surface area is 119 Å². The van der Waals surface area contributed by atoms with Gasteiger partial charge in [0.2, 0.25) is 0 Å². The number of benzene rings is 1. The van der Waals surface area contributed by atoms with Crippen LogP contribution in [0.25, 0.3) is 0 Å². The maximum absolute atomic E-state index is 12.3. The van der Waals surface area contributed by atoms with Crippen molar-refractivity contribution in [3.05, 3.63) is 23.8 Å². The second-order valence-electron chi connectivity index (χ2n) is 5.79. The molecular weight excluding hydrogens is 254 g/mol. The standard InChI is InChI=1S/C16H21NO3/c1-11-2-5-13(6-3-11)17-16(18)12-4-7-14-15(10-12)20-9-8-19-14/h4,7,10-11,13H,2-3,5-6,8-9H2,1H3,(H,17,18). The zero-order valence-corrected chi connectivity index (χ0v) is 11.9. The second kappa shape index (κ2) is 5.73. The smallest absolute Gasteiger partial charge is 0.251 e. The molecule has 0 spiro atoms. The molecule has 0 unspecified atom stereocenters. The molecule has 0 radical (unpaired) electrons. The van der Waals surface area contributed by atoms with Gasteiger partial charge >= 0.3 is 0 Å². The van der Waals surface area contributed by atoms with Crippen molar-refractivity contribution in [2.45, 2.75) is 38.6 Å². The summed E-state index contributed by atoms with van der Waals surface area (Å²) in [5.74, 6) is 2.17. The first-order valence-electron chi connectivity index (χ1n) is 7.43. The van der Waals surface area contributed by atoms with Crippen molar-refractivity contribution in [2.24, 2.45) is 5.92 Å². The van der Waals surface area contributed by atoms with E-state index < -0.39 is 0 Å². The average Bonchev–Trinajstić information content (AvgIpc) is 2.49. The fourth-order valence-electron chi connectivity index (χ4n) is 2.86. The molecule has 1 heterocycles. The van der Waals surface area contributed by atoms with Gasteiger partial charge in [0, 0.05) is 11.6 Å². The van der Waals surface area contributed by atoms with Crippen LogP contribution in [0.4, 0.5) is 0 Å². The van der Waals surface area contributed by atoms with E-state index in [0.29, 0.717) is 30.6 Å². The van der Waals surface area contributed by atoms with Crippen LogP contribution in [0.15, 0.2) is 18.2 Å². The summed E-state index contributed by atoms with van der Waals surface area (Å²) in [4.78, 5) is 12.3. The summed E-state index contributed by atoms with van der Waals surface area (Å²) in [7, 11) is 0. The molecule has 20 heavy (non-hydrogen) atoms. The molecule has 3 rings (SSSR count). The Morgan fingerprint density at radius 3 is 2.55 bits per heavy atom. The monoisotopic (exact) mass is 275 g/mol. The molecule has 0 atom stereocenters. The van der Waals surface area contributed by atoms with Gasteiger partial charge in [-0.15, -0.1) is 0 Å². The Morgan fingerprint density at radius 2 is 1.80 bits per heavy atom. The molecule has 1 amide bonds. The van der Waals surface area contributed by atoms with E-state index in [1.807, 2.05) is 6.07 Å². The second-order valence-corrected chi connectivity index (χ2v) is 5.79. The first kappa shape index (κ1) is 13.3. The molecule has 0 saturated heterocycles. The SMILES string of the molecule is CC1CCC(NC(=O)c2ccc3c(c2)OCCO3)CC1. The molecule has 4 heteroatoms. The summed E-state index contributed by atoms with van der Waals surface area (Å²) in [6.07, 6.45) is 4.56. The zero-order chi connectivity index (χ0) is 13.9. The van der Waals surface area contributed by atoms with Crippen LogP contribution in [0.3, 0.4) is 0 Å². The minimum absolute atomic E-state index is 0.0125. The number of rotatable bonds is 2. The fraction of sp³-hybridized carbons (Fsp3) is 0.562. The van der Waals surface area contributed by atoms with Crippen LogP contribution in [0.1, 0.15) is 43.0 Å². The maximum atomic E-state index is 12.3. The zero-order valence-electron chi connectivity index (χ0n) is 11.9. The molecule has 4 nitrogen and oxygen atoms in total. The molecule has 1 aromatic rings. The van der Waals surface area contributed by atoms with Gasteiger partial charge in [-0.25, -0.2) is 0 Å². The van der Waals surface area contributed by atoms with Crippen LogP contribution < -0.4 is 14.8 Å². The van der Waals surface area contributed by atoms with E-state index in [-0.39, 0.29) is 5.91 Å². The van der Waals surface area contributed by atoms with E-state index in [4.69, 9.17) is 9.47 Å². The Morgan fingerprint density at radius 1 is 1.10 bits per heavy atom. The van der Waals surface area contributed by atoms with E-state index in [2.05, 4.69) is 12.2 Å². The van der Waals surface area contributed by atoms with E-state index >= 15 is 0 Å². The molecule has 0 bridgehead atoms. The average molecular weight is 275 g/mol. The van der Waals surface area contributed by atoms with Gasteiger partial charge < -0.3 is 14.8 Å². The minimum atomic E-state index is -0.0125. The van der Waals surface area contributed by atoms with Crippen molar-refractivity contribution < 1.29 is 14.3 Å². The lowest BCUT2D eigenvalue weighted by Crippen LogP contribution is -2.37. The first-order valence-corrected chi connectivity index (χ1v) is 7.43. The van der Waals surface area contributed by atoms with Crippen LogP contribution in [0.2, 0.25) is 0 Å². The molecule has 1 aliphatic heterocycles. The minimum Gasteiger partial charge on any atom is -0.486 e. The number of carbonyl (C=O) groups is 1. The Hall–Kier alpha value is -1.71. The first-order chi connectivity index (χ1) is 9.72. The number of hydrogen-bond acceptors (Lipinski definition) is 3.